The maximum atomic E-state index is 12.5. The SMILES string of the molecule is O=C(O)Nc1cc(Nc2ccccn2)cc(C(=O)Nc2ccccc2)n1. The molecule has 3 rings (SSSR count). The molecule has 0 unspecified atom stereocenters. The summed E-state index contributed by atoms with van der Waals surface area (Å²) in [7, 11) is 0. The fraction of sp³-hybridized carbons (Fsp3) is 0. The number of carbonyl (C=O) groups is 2. The Morgan fingerprint density at radius 3 is 2.31 bits per heavy atom. The van der Waals surface area contributed by atoms with Gasteiger partial charge in [-0.1, -0.05) is 24.3 Å². The van der Waals surface area contributed by atoms with Gasteiger partial charge in [-0.25, -0.2) is 14.8 Å². The van der Waals surface area contributed by atoms with E-state index in [9.17, 15) is 9.59 Å². The molecule has 2 aromatic heterocycles. The zero-order valence-electron chi connectivity index (χ0n) is 13.5. The van der Waals surface area contributed by atoms with Gasteiger partial charge in [-0.05, 0) is 30.3 Å². The first-order chi connectivity index (χ1) is 12.6. The van der Waals surface area contributed by atoms with Crippen molar-refractivity contribution in [2.24, 2.45) is 0 Å². The third-order valence-corrected chi connectivity index (χ3v) is 3.26. The van der Waals surface area contributed by atoms with Crippen molar-refractivity contribution in [1.29, 1.82) is 0 Å². The summed E-state index contributed by atoms with van der Waals surface area (Å²) in [6.45, 7) is 0. The Balaban J connectivity index is 1.89. The van der Waals surface area contributed by atoms with E-state index in [4.69, 9.17) is 5.11 Å². The molecule has 3 aromatic rings. The largest absolute Gasteiger partial charge is 0.465 e. The highest BCUT2D eigenvalue weighted by Crippen LogP contribution is 2.20. The molecule has 26 heavy (non-hydrogen) atoms. The lowest BCUT2D eigenvalue weighted by Crippen LogP contribution is -2.16. The van der Waals surface area contributed by atoms with Crippen LogP contribution in [0.2, 0.25) is 0 Å². The quantitative estimate of drug-likeness (QED) is 0.560. The summed E-state index contributed by atoms with van der Waals surface area (Å²) < 4.78 is 0. The number of pyridine rings is 2. The first-order valence-corrected chi connectivity index (χ1v) is 7.66. The van der Waals surface area contributed by atoms with Crippen LogP contribution in [0.15, 0.2) is 66.9 Å². The second-order valence-corrected chi connectivity index (χ2v) is 5.22. The molecule has 0 saturated carbocycles. The molecule has 2 amide bonds. The van der Waals surface area contributed by atoms with Crippen LogP contribution in [0.5, 0.6) is 0 Å². The number of amides is 2. The number of nitrogens with one attached hydrogen (secondary N) is 3. The van der Waals surface area contributed by atoms with E-state index < -0.39 is 12.0 Å². The summed E-state index contributed by atoms with van der Waals surface area (Å²) in [6.07, 6.45) is 0.338. The number of para-hydroxylation sites is 1. The number of nitrogens with zero attached hydrogens (tertiary/aromatic N) is 2. The van der Waals surface area contributed by atoms with Crippen LogP contribution in [0.3, 0.4) is 0 Å². The number of anilines is 4. The van der Waals surface area contributed by atoms with E-state index in [0.717, 1.165) is 0 Å². The van der Waals surface area contributed by atoms with E-state index in [2.05, 4.69) is 25.9 Å². The molecule has 0 fully saturated rings. The van der Waals surface area contributed by atoms with E-state index in [-0.39, 0.29) is 11.5 Å². The van der Waals surface area contributed by atoms with Crippen molar-refractivity contribution in [3.63, 3.8) is 0 Å². The topological polar surface area (TPSA) is 116 Å². The predicted octanol–water partition coefficient (Wildman–Crippen LogP) is 3.56. The summed E-state index contributed by atoms with van der Waals surface area (Å²) in [5, 5.41) is 16.8. The Labute approximate surface area is 148 Å². The van der Waals surface area contributed by atoms with Crippen LogP contribution in [0, 0.1) is 0 Å². The van der Waals surface area contributed by atoms with Gasteiger partial charge < -0.3 is 15.7 Å². The van der Waals surface area contributed by atoms with E-state index in [1.807, 2.05) is 6.07 Å². The van der Waals surface area contributed by atoms with Crippen LogP contribution in [0.1, 0.15) is 10.5 Å². The Bertz CT molecular complexity index is 917. The molecular formula is C18H15N5O3. The zero-order chi connectivity index (χ0) is 18.4. The lowest BCUT2D eigenvalue weighted by atomic mass is 10.2. The van der Waals surface area contributed by atoms with Crippen LogP contribution < -0.4 is 16.0 Å². The van der Waals surface area contributed by atoms with Crippen LogP contribution in [0.25, 0.3) is 0 Å². The second-order valence-electron chi connectivity index (χ2n) is 5.22. The lowest BCUT2D eigenvalue weighted by molar-refractivity contribution is 0.102. The van der Waals surface area contributed by atoms with Gasteiger partial charge in [0.2, 0.25) is 0 Å². The van der Waals surface area contributed by atoms with Crippen molar-refractivity contribution in [3.05, 3.63) is 72.6 Å². The lowest BCUT2D eigenvalue weighted by Gasteiger charge is -2.11. The van der Waals surface area contributed by atoms with Gasteiger partial charge in [-0.15, -0.1) is 0 Å². The minimum Gasteiger partial charge on any atom is -0.465 e. The number of aromatic nitrogens is 2. The number of hydrogen-bond donors (Lipinski definition) is 4. The third-order valence-electron chi connectivity index (χ3n) is 3.26. The molecule has 130 valence electrons. The maximum absolute atomic E-state index is 12.5. The molecule has 0 aliphatic rings. The normalized spacial score (nSPS) is 10.0. The van der Waals surface area contributed by atoms with Gasteiger partial charge in [-0.2, -0.15) is 0 Å². The van der Waals surface area contributed by atoms with E-state index in [1.54, 1.807) is 48.7 Å². The zero-order valence-corrected chi connectivity index (χ0v) is 13.5. The highest BCUT2D eigenvalue weighted by Gasteiger charge is 2.13. The molecule has 0 spiro atoms. The van der Waals surface area contributed by atoms with Crippen LogP contribution in [-0.2, 0) is 0 Å². The maximum Gasteiger partial charge on any atom is 0.410 e. The van der Waals surface area contributed by atoms with Crippen LogP contribution in [-0.4, -0.2) is 27.1 Å². The summed E-state index contributed by atoms with van der Waals surface area (Å²) in [6, 6.07) is 17.2. The van der Waals surface area contributed by atoms with Gasteiger partial charge in [0, 0.05) is 23.6 Å². The van der Waals surface area contributed by atoms with E-state index >= 15 is 0 Å². The minimum atomic E-state index is -1.28. The average Bonchev–Trinajstić information content (AvgIpc) is 2.62. The fourth-order valence-corrected chi connectivity index (χ4v) is 2.19. The molecule has 8 nitrogen and oxygen atoms in total. The Morgan fingerprint density at radius 2 is 1.62 bits per heavy atom. The standard InChI is InChI=1S/C18H15N5O3/c24-17(21-12-6-2-1-3-7-12)14-10-13(11-16(22-14)23-18(25)26)20-15-8-4-5-9-19-15/h1-11H,(H,21,24)(H,25,26)(H2,19,20,22,23). The van der Waals surface area contributed by atoms with Crippen LogP contribution in [0.4, 0.5) is 27.8 Å². The summed E-state index contributed by atoms with van der Waals surface area (Å²) in [4.78, 5) is 31.6. The monoisotopic (exact) mass is 349 g/mol. The second kappa shape index (κ2) is 7.75. The number of hydrogen-bond acceptors (Lipinski definition) is 5. The first kappa shape index (κ1) is 16.9. The molecule has 0 saturated heterocycles. The highest BCUT2D eigenvalue weighted by atomic mass is 16.4. The van der Waals surface area contributed by atoms with Crippen molar-refractivity contribution in [3.8, 4) is 0 Å². The number of benzene rings is 1. The smallest absolute Gasteiger partial charge is 0.410 e. The molecule has 0 aliphatic carbocycles. The highest BCUT2D eigenvalue weighted by molar-refractivity contribution is 6.04. The average molecular weight is 349 g/mol. The molecule has 8 heteroatoms. The van der Waals surface area contributed by atoms with E-state index in [0.29, 0.717) is 17.2 Å². The Morgan fingerprint density at radius 1 is 0.846 bits per heavy atom. The predicted molar refractivity (Wildman–Crippen MR) is 97.8 cm³/mol. The number of carboxylic acid groups (broad SMARTS) is 1. The van der Waals surface area contributed by atoms with Crippen molar-refractivity contribution in [2.75, 3.05) is 16.0 Å². The van der Waals surface area contributed by atoms with Gasteiger partial charge in [0.15, 0.2) is 0 Å². The summed E-state index contributed by atoms with van der Waals surface area (Å²) in [5.41, 5.74) is 1.13. The number of rotatable bonds is 5. The van der Waals surface area contributed by atoms with E-state index in [1.165, 1.54) is 12.1 Å². The first-order valence-electron chi connectivity index (χ1n) is 7.66. The van der Waals surface area contributed by atoms with Crippen molar-refractivity contribution >= 4 is 35.0 Å². The molecule has 2 heterocycles. The van der Waals surface area contributed by atoms with Crippen LogP contribution >= 0.6 is 0 Å². The molecular weight excluding hydrogens is 334 g/mol. The van der Waals surface area contributed by atoms with Gasteiger partial charge in [0.1, 0.15) is 17.3 Å². The molecule has 4 N–H and O–H groups in total. The Kier molecular flexibility index (Phi) is 5.04. The number of carbonyl (C=O) groups excluding carboxylic acids is 1. The van der Waals surface area contributed by atoms with Gasteiger partial charge in [-0.3, -0.25) is 10.1 Å². The van der Waals surface area contributed by atoms with Gasteiger partial charge in [0.25, 0.3) is 5.91 Å². The van der Waals surface area contributed by atoms with Crippen molar-refractivity contribution < 1.29 is 14.7 Å². The summed E-state index contributed by atoms with van der Waals surface area (Å²) >= 11 is 0. The molecule has 0 radical (unpaired) electrons. The molecule has 0 aliphatic heterocycles. The van der Waals surface area contributed by atoms with Crippen molar-refractivity contribution in [2.45, 2.75) is 0 Å². The summed E-state index contributed by atoms with van der Waals surface area (Å²) in [5.74, 6) is 0.111. The van der Waals surface area contributed by atoms with Crippen molar-refractivity contribution in [1.82, 2.24) is 9.97 Å². The minimum absolute atomic E-state index is 0.0247. The molecule has 0 atom stereocenters. The molecule has 1 aromatic carbocycles. The van der Waals surface area contributed by atoms with Gasteiger partial charge >= 0.3 is 6.09 Å². The molecule has 0 bridgehead atoms. The fourth-order valence-electron chi connectivity index (χ4n) is 2.19. The third kappa shape index (κ3) is 4.54. The van der Waals surface area contributed by atoms with Gasteiger partial charge in [0.05, 0.1) is 0 Å². The Hall–Kier alpha value is -3.94.